The van der Waals surface area contributed by atoms with Gasteiger partial charge < -0.3 is 15.0 Å². The number of ether oxygens (including phenoxy) is 1. The maximum Gasteiger partial charge on any atom is 0.318 e. The number of hydrogen-bond donors (Lipinski definition) is 1. The number of hydrogen-bond acceptors (Lipinski definition) is 2. The van der Waals surface area contributed by atoms with Crippen molar-refractivity contribution in [1.82, 2.24) is 10.2 Å². The molecule has 0 aliphatic heterocycles. The molecule has 2 rings (SSSR count). The van der Waals surface area contributed by atoms with E-state index in [2.05, 4.69) is 5.32 Å². The molecule has 1 N–H and O–H groups in total. The molecule has 5 heteroatoms. The quantitative estimate of drug-likeness (QED) is 0.826. The van der Waals surface area contributed by atoms with Crippen LogP contribution in [-0.2, 0) is 0 Å². The highest BCUT2D eigenvalue weighted by Crippen LogP contribution is 2.21. The Morgan fingerprint density at radius 3 is 2.20 bits per heavy atom. The van der Waals surface area contributed by atoms with Crippen LogP contribution in [0.25, 0.3) is 0 Å². The molecule has 2 aromatic rings. The zero-order valence-electron chi connectivity index (χ0n) is 15.1. The lowest BCUT2D eigenvalue weighted by atomic mass is 10.1. The van der Waals surface area contributed by atoms with Gasteiger partial charge in [0.2, 0.25) is 0 Å². The highest BCUT2D eigenvalue weighted by molar-refractivity contribution is 5.75. The van der Waals surface area contributed by atoms with Crippen molar-refractivity contribution in [3.63, 3.8) is 0 Å². The zero-order valence-corrected chi connectivity index (χ0v) is 15.1. The second kappa shape index (κ2) is 8.51. The summed E-state index contributed by atoms with van der Waals surface area (Å²) >= 11 is 0. The number of nitrogens with zero attached hydrogens (tertiary/aromatic N) is 1. The van der Waals surface area contributed by atoms with Gasteiger partial charge in [0.1, 0.15) is 11.6 Å². The van der Waals surface area contributed by atoms with Crippen LogP contribution >= 0.6 is 0 Å². The molecule has 0 aliphatic carbocycles. The molecule has 25 heavy (non-hydrogen) atoms. The topological polar surface area (TPSA) is 41.6 Å². The van der Waals surface area contributed by atoms with Crippen LogP contribution in [-0.4, -0.2) is 24.6 Å². The molecule has 4 nitrogen and oxygen atoms in total. The van der Waals surface area contributed by atoms with Crippen molar-refractivity contribution in [1.29, 1.82) is 0 Å². The summed E-state index contributed by atoms with van der Waals surface area (Å²) in [6.45, 7) is 6.41. The van der Waals surface area contributed by atoms with E-state index < -0.39 is 0 Å². The number of carbonyl (C=O) groups is 1. The van der Waals surface area contributed by atoms with Crippen LogP contribution in [0.15, 0.2) is 48.5 Å². The van der Waals surface area contributed by atoms with Crippen molar-refractivity contribution in [2.75, 3.05) is 13.7 Å². The van der Waals surface area contributed by atoms with Crippen LogP contribution in [0.4, 0.5) is 9.18 Å². The van der Waals surface area contributed by atoms with Crippen molar-refractivity contribution in [3.05, 3.63) is 65.5 Å². The van der Waals surface area contributed by atoms with Crippen LogP contribution < -0.4 is 10.1 Å². The minimum absolute atomic E-state index is 0.133. The number of urea groups is 1. The van der Waals surface area contributed by atoms with E-state index in [0.29, 0.717) is 6.61 Å². The summed E-state index contributed by atoms with van der Waals surface area (Å²) in [5.41, 5.74) is 1.88. The Labute approximate surface area is 148 Å². The monoisotopic (exact) mass is 344 g/mol. The molecule has 0 fully saturated rings. The minimum atomic E-state index is -0.285. The van der Waals surface area contributed by atoms with E-state index in [4.69, 9.17) is 4.74 Å². The van der Waals surface area contributed by atoms with Gasteiger partial charge in [-0.25, -0.2) is 9.18 Å². The van der Waals surface area contributed by atoms with Crippen LogP contribution in [0.5, 0.6) is 5.75 Å². The smallest absolute Gasteiger partial charge is 0.318 e. The highest BCUT2D eigenvalue weighted by atomic mass is 19.1. The maximum atomic E-state index is 13.0. The number of nitrogens with one attached hydrogen (secondary N) is 1. The van der Waals surface area contributed by atoms with E-state index in [1.807, 2.05) is 45.0 Å². The first-order valence-corrected chi connectivity index (χ1v) is 8.44. The summed E-state index contributed by atoms with van der Waals surface area (Å²) in [5.74, 6) is 0.527. The van der Waals surface area contributed by atoms with Gasteiger partial charge in [0.25, 0.3) is 0 Å². The third-order valence-electron chi connectivity index (χ3n) is 4.28. The van der Waals surface area contributed by atoms with Crippen LogP contribution in [0.3, 0.4) is 0 Å². The third kappa shape index (κ3) is 4.95. The van der Waals surface area contributed by atoms with Crippen molar-refractivity contribution >= 4 is 6.03 Å². The maximum absolute atomic E-state index is 13.0. The molecule has 2 amide bonds. The van der Waals surface area contributed by atoms with Crippen LogP contribution in [0.2, 0.25) is 0 Å². The Balaban J connectivity index is 1.98. The molecule has 0 bridgehead atoms. The summed E-state index contributed by atoms with van der Waals surface area (Å²) in [6, 6.07) is 13.4. The van der Waals surface area contributed by atoms with Gasteiger partial charge in [0.05, 0.1) is 18.7 Å². The molecular weight excluding hydrogens is 319 g/mol. The zero-order chi connectivity index (χ0) is 18.4. The number of benzene rings is 2. The van der Waals surface area contributed by atoms with Crippen molar-refractivity contribution in [2.45, 2.75) is 32.9 Å². The predicted molar refractivity (Wildman–Crippen MR) is 97.1 cm³/mol. The molecule has 0 radical (unpaired) electrons. The van der Waals surface area contributed by atoms with E-state index in [1.54, 1.807) is 24.1 Å². The molecule has 0 unspecified atom stereocenters. The van der Waals surface area contributed by atoms with Gasteiger partial charge in [-0.05, 0) is 56.2 Å². The summed E-state index contributed by atoms with van der Waals surface area (Å²) < 4.78 is 18.5. The van der Waals surface area contributed by atoms with Gasteiger partial charge in [-0.15, -0.1) is 0 Å². The van der Waals surface area contributed by atoms with E-state index in [1.165, 1.54) is 12.1 Å². The minimum Gasteiger partial charge on any atom is -0.494 e. The summed E-state index contributed by atoms with van der Waals surface area (Å²) in [6.07, 6.45) is 0. The van der Waals surface area contributed by atoms with E-state index in [-0.39, 0.29) is 23.9 Å². The Hall–Kier alpha value is -2.56. The molecule has 0 aliphatic rings. The molecule has 0 saturated heterocycles. The number of rotatable bonds is 6. The van der Waals surface area contributed by atoms with Gasteiger partial charge >= 0.3 is 6.03 Å². The van der Waals surface area contributed by atoms with Gasteiger partial charge in [0.15, 0.2) is 0 Å². The van der Waals surface area contributed by atoms with Crippen molar-refractivity contribution in [3.8, 4) is 5.75 Å². The molecular formula is C20H25FN2O2. The molecule has 2 atom stereocenters. The average molecular weight is 344 g/mol. The molecule has 2 aromatic carbocycles. The lowest BCUT2D eigenvalue weighted by Crippen LogP contribution is -2.39. The van der Waals surface area contributed by atoms with Crippen LogP contribution in [0, 0.1) is 5.82 Å². The molecule has 134 valence electrons. The van der Waals surface area contributed by atoms with Gasteiger partial charge in [-0.1, -0.05) is 24.3 Å². The van der Waals surface area contributed by atoms with Crippen molar-refractivity contribution in [2.24, 2.45) is 0 Å². The SMILES string of the molecule is CCOc1ccc([C@@H](C)NC(=O)N(C)[C@@H](C)c2ccc(F)cc2)cc1. The Morgan fingerprint density at radius 2 is 1.64 bits per heavy atom. The largest absolute Gasteiger partial charge is 0.494 e. The highest BCUT2D eigenvalue weighted by Gasteiger charge is 2.19. The Bertz CT molecular complexity index is 686. The van der Waals surface area contributed by atoms with Gasteiger partial charge in [-0.3, -0.25) is 0 Å². The fraction of sp³-hybridized carbons (Fsp3) is 0.350. The summed E-state index contributed by atoms with van der Waals surface area (Å²) in [5, 5.41) is 2.98. The lowest BCUT2D eigenvalue weighted by molar-refractivity contribution is 0.191. The molecule has 0 spiro atoms. The van der Waals surface area contributed by atoms with Gasteiger partial charge in [0, 0.05) is 7.05 Å². The first-order valence-electron chi connectivity index (χ1n) is 8.44. The normalized spacial score (nSPS) is 13.0. The third-order valence-corrected chi connectivity index (χ3v) is 4.28. The molecule has 0 saturated carbocycles. The second-order valence-corrected chi connectivity index (χ2v) is 6.01. The number of amides is 2. The lowest BCUT2D eigenvalue weighted by Gasteiger charge is -2.27. The van der Waals surface area contributed by atoms with E-state index in [0.717, 1.165) is 16.9 Å². The van der Waals surface area contributed by atoms with Gasteiger partial charge in [-0.2, -0.15) is 0 Å². The summed E-state index contributed by atoms with van der Waals surface area (Å²) in [4.78, 5) is 14.1. The predicted octanol–water partition coefficient (Wildman–Crippen LogP) is 4.69. The number of halogens is 1. The average Bonchev–Trinajstić information content (AvgIpc) is 2.62. The summed E-state index contributed by atoms with van der Waals surface area (Å²) in [7, 11) is 1.73. The first-order chi connectivity index (χ1) is 11.9. The fourth-order valence-electron chi connectivity index (χ4n) is 2.53. The van der Waals surface area contributed by atoms with Crippen LogP contribution in [0.1, 0.15) is 44.0 Å². The standard InChI is InChI=1S/C20H25FN2O2/c1-5-25-19-12-8-16(9-13-19)14(2)22-20(24)23(4)15(3)17-6-10-18(21)11-7-17/h6-15H,5H2,1-4H3,(H,22,24)/t14-,15+/m1/s1. The van der Waals surface area contributed by atoms with Crippen molar-refractivity contribution < 1.29 is 13.9 Å². The molecule has 0 heterocycles. The van der Waals surface area contributed by atoms with E-state index in [9.17, 15) is 9.18 Å². The Morgan fingerprint density at radius 1 is 1.08 bits per heavy atom. The number of carbonyl (C=O) groups excluding carboxylic acids is 1. The second-order valence-electron chi connectivity index (χ2n) is 6.01. The first kappa shape index (κ1) is 18.8. The Kier molecular flexibility index (Phi) is 6.39. The van der Waals surface area contributed by atoms with E-state index >= 15 is 0 Å². The fourth-order valence-corrected chi connectivity index (χ4v) is 2.53. The molecule has 0 aromatic heterocycles.